The number of hydrogen-bond donors (Lipinski definition) is 1. The third kappa shape index (κ3) is 2.77. The van der Waals surface area contributed by atoms with E-state index in [-0.39, 0.29) is 0 Å². The SMILES string of the molecule is N=C(c1ccccc1)c1ccccc1-c1cccc2oc3ccc4ccccc4c3c12. The molecule has 0 aliphatic carbocycles. The summed E-state index contributed by atoms with van der Waals surface area (Å²) in [5.41, 5.74) is 6.22. The Balaban J connectivity index is 1.69. The minimum Gasteiger partial charge on any atom is -0.456 e. The summed E-state index contributed by atoms with van der Waals surface area (Å²) in [4.78, 5) is 0. The fraction of sp³-hybridized carbons (Fsp3) is 0. The first kappa shape index (κ1) is 17.7. The number of furan rings is 1. The molecule has 2 nitrogen and oxygen atoms in total. The zero-order valence-corrected chi connectivity index (χ0v) is 16.8. The van der Waals surface area contributed by atoms with Gasteiger partial charge in [0.25, 0.3) is 0 Å². The van der Waals surface area contributed by atoms with E-state index in [9.17, 15) is 0 Å². The molecular weight excluding hydrogens is 378 g/mol. The second-order valence-corrected chi connectivity index (χ2v) is 7.73. The molecule has 6 rings (SSSR count). The van der Waals surface area contributed by atoms with Gasteiger partial charge in [0.1, 0.15) is 11.2 Å². The normalized spacial score (nSPS) is 11.4. The number of rotatable bonds is 3. The maximum atomic E-state index is 8.90. The highest BCUT2D eigenvalue weighted by atomic mass is 16.3. The van der Waals surface area contributed by atoms with Gasteiger partial charge in [0.15, 0.2) is 0 Å². The lowest BCUT2D eigenvalue weighted by atomic mass is 9.90. The molecule has 0 fully saturated rings. The third-order valence-corrected chi connectivity index (χ3v) is 5.94. The second-order valence-electron chi connectivity index (χ2n) is 7.73. The quantitative estimate of drug-likeness (QED) is 0.304. The fourth-order valence-corrected chi connectivity index (χ4v) is 4.51. The van der Waals surface area contributed by atoms with Crippen LogP contribution >= 0.6 is 0 Å². The predicted octanol–water partition coefficient (Wildman–Crippen LogP) is 7.82. The topological polar surface area (TPSA) is 37.0 Å². The Labute approximate surface area is 179 Å². The molecule has 31 heavy (non-hydrogen) atoms. The zero-order valence-electron chi connectivity index (χ0n) is 16.8. The summed E-state index contributed by atoms with van der Waals surface area (Å²) in [5.74, 6) is 0. The maximum absolute atomic E-state index is 8.90. The standard InChI is InChI=1S/C29H19NO/c30-29(20-10-2-1-3-11-20)24-14-7-6-13-22(24)23-15-8-16-25-28(23)27-21-12-5-4-9-19(21)17-18-26(27)31-25/h1-18,30H. The minimum absolute atomic E-state index is 0.519. The van der Waals surface area contributed by atoms with Crippen molar-refractivity contribution in [2.45, 2.75) is 0 Å². The molecule has 0 aliphatic heterocycles. The molecule has 0 saturated heterocycles. The summed E-state index contributed by atoms with van der Waals surface area (Å²) in [7, 11) is 0. The third-order valence-electron chi connectivity index (χ3n) is 5.94. The van der Waals surface area contributed by atoms with Gasteiger partial charge in [0, 0.05) is 21.9 Å². The Kier molecular flexibility index (Phi) is 3.97. The van der Waals surface area contributed by atoms with E-state index >= 15 is 0 Å². The summed E-state index contributed by atoms with van der Waals surface area (Å²) in [6.45, 7) is 0. The van der Waals surface area contributed by atoms with E-state index in [4.69, 9.17) is 9.83 Å². The molecule has 0 amide bonds. The lowest BCUT2D eigenvalue weighted by molar-refractivity contribution is 0.669. The van der Waals surface area contributed by atoms with Crippen LogP contribution in [-0.4, -0.2) is 5.71 Å². The lowest BCUT2D eigenvalue weighted by Crippen LogP contribution is -2.03. The van der Waals surface area contributed by atoms with Crippen molar-refractivity contribution in [3.8, 4) is 11.1 Å². The van der Waals surface area contributed by atoms with Gasteiger partial charge < -0.3 is 4.42 Å². The van der Waals surface area contributed by atoms with Crippen molar-refractivity contribution >= 4 is 38.4 Å². The maximum Gasteiger partial charge on any atom is 0.136 e. The van der Waals surface area contributed by atoms with Gasteiger partial charge in [-0.05, 0) is 34.0 Å². The first-order valence-corrected chi connectivity index (χ1v) is 10.4. The summed E-state index contributed by atoms with van der Waals surface area (Å²) in [6, 6.07) is 36.9. The van der Waals surface area contributed by atoms with E-state index in [0.29, 0.717) is 5.71 Å². The number of benzene rings is 5. The second kappa shape index (κ2) is 6.96. The van der Waals surface area contributed by atoms with Crippen molar-refractivity contribution < 1.29 is 4.42 Å². The van der Waals surface area contributed by atoms with Crippen LogP contribution in [0.1, 0.15) is 11.1 Å². The number of hydrogen-bond acceptors (Lipinski definition) is 2. The number of fused-ring (bicyclic) bond motifs is 5. The van der Waals surface area contributed by atoms with E-state index in [2.05, 4.69) is 48.5 Å². The van der Waals surface area contributed by atoms with Crippen LogP contribution in [0.25, 0.3) is 43.8 Å². The molecule has 0 saturated carbocycles. The molecule has 6 aromatic rings. The molecule has 146 valence electrons. The molecule has 1 N–H and O–H groups in total. The van der Waals surface area contributed by atoms with Gasteiger partial charge in [-0.3, -0.25) is 5.41 Å². The average Bonchev–Trinajstić information content (AvgIpc) is 3.23. The highest BCUT2D eigenvalue weighted by Gasteiger charge is 2.18. The van der Waals surface area contributed by atoms with Crippen LogP contribution in [0.2, 0.25) is 0 Å². The predicted molar refractivity (Wildman–Crippen MR) is 129 cm³/mol. The first-order valence-electron chi connectivity index (χ1n) is 10.4. The highest BCUT2D eigenvalue weighted by molar-refractivity contribution is 6.24. The van der Waals surface area contributed by atoms with Crippen LogP contribution in [-0.2, 0) is 0 Å². The van der Waals surface area contributed by atoms with E-state index in [1.807, 2.05) is 60.7 Å². The first-order chi connectivity index (χ1) is 15.3. The molecule has 1 heterocycles. The van der Waals surface area contributed by atoms with E-state index in [1.54, 1.807) is 0 Å². The van der Waals surface area contributed by atoms with E-state index in [1.165, 1.54) is 10.8 Å². The smallest absolute Gasteiger partial charge is 0.136 e. The van der Waals surface area contributed by atoms with E-state index < -0.39 is 0 Å². The van der Waals surface area contributed by atoms with Gasteiger partial charge in [-0.25, -0.2) is 0 Å². The van der Waals surface area contributed by atoms with E-state index in [0.717, 1.165) is 44.2 Å². The van der Waals surface area contributed by atoms with Gasteiger partial charge in [-0.2, -0.15) is 0 Å². The summed E-state index contributed by atoms with van der Waals surface area (Å²) < 4.78 is 6.25. The Hall–Kier alpha value is -4.17. The van der Waals surface area contributed by atoms with Crippen LogP contribution < -0.4 is 0 Å². The Morgan fingerprint density at radius 1 is 0.548 bits per heavy atom. The van der Waals surface area contributed by atoms with Gasteiger partial charge in [0.05, 0.1) is 5.71 Å². The number of nitrogens with one attached hydrogen (secondary N) is 1. The van der Waals surface area contributed by atoms with Gasteiger partial charge >= 0.3 is 0 Å². The molecular formula is C29H19NO. The molecule has 0 unspecified atom stereocenters. The van der Waals surface area contributed by atoms with Crippen LogP contribution in [0.4, 0.5) is 0 Å². The summed E-state index contributed by atoms with van der Waals surface area (Å²) in [6.07, 6.45) is 0. The van der Waals surface area contributed by atoms with Crippen molar-refractivity contribution in [1.29, 1.82) is 5.41 Å². The van der Waals surface area contributed by atoms with Gasteiger partial charge in [0.2, 0.25) is 0 Å². The molecule has 0 bridgehead atoms. The minimum atomic E-state index is 0.519. The molecule has 1 aromatic heterocycles. The Bertz CT molecular complexity index is 1590. The van der Waals surface area contributed by atoms with Gasteiger partial charge in [-0.1, -0.05) is 97.1 Å². The molecule has 0 spiro atoms. The molecule has 0 atom stereocenters. The van der Waals surface area contributed by atoms with Crippen molar-refractivity contribution in [3.63, 3.8) is 0 Å². The molecule has 0 aliphatic rings. The fourth-order valence-electron chi connectivity index (χ4n) is 4.51. The Morgan fingerprint density at radius 3 is 2.16 bits per heavy atom. The molecule has 5 aromatic carbocycles. The van der Waals surface area contributed by atoms with Crippen molar-refractivity contribution in [1.82, 2.24) is 0 Å². The van der Waals surface area contributed by atoms with Crippen LogP contribution in [0, 0.1) is 5.41 Å². The largest absolute Gasteiger partial charge is 0.456 e. The van der Waals surface area contributed by atoms with Crippen molar-refractivity contribution in [3.05, 3.63) is 120 Å². The lowest BCUT2D eigenvalue weighted by Gasteiger charge is -2.12. The molecule has 2 heteroatoms. The molecule has 0 radical (unpaired) electrons. The van der Waals surface area contributed by atoms with Crippen LogP contribution in [0.15, 0.2) is 114 Å². The van der Waals surface area contributed by atoms with Gasteiger partial charge in [-0.15, -0.1) is 0 Å². The zero-order chi connectivity index (χ0) is 20.8. The van der Waals surface area contributed by atoms with Crippen LogP contribution in [0.3, 0.4) is 0 Å². The monoisotopic (exact) mass is 397 g/mol. The average molecular weight is 397 g/mol. The summed E-state index contributed by atoms with van der Waals surface area (Å²) in [5, 5.41) is 13.5. The Morgan fingerprint density at radius 2 is 1.26 bits per heavy atom. The summed E-state index contributed by atoms with van der Waals surface area (Å²) >= 11 is 0. The highest BCUT2D eigenvalue weighted by Crippen LogP contribution is 2.41. The van der Waals surface area contributed by atoms with Crippen LogP contribution in [0.5, 0.6) is 0 Å². The van der Waals surface area contributed by atoms with Crippen molar-refractivity contribution in [2.75, 3.05) is 0 Å². The van der Waals surface area contributed by atoms with Crippen molar-refractivity contribution in [2.24, 2.45) is 0 Å².